The van der Waals surface area contributed by atoms with Crippen LogP contribution in [0.25, 0.3) is 0 Å². The smallest absolute Gasteiger partial charge is 0.191 e. The van der Waals surface area contributed by atoms with Crippen LogP contribution in [-0.4, -0.2) is 37.8 Å². The second-order valence-corrected chi connectivity index (χ2v) is 5.15. The zero-order valence-corrected chi connectivity index (χ0v) is 13.8. The molecule has 2 N–H and O–H groups in total. The first-order chi connectivity index (χ1) is 8.29. The van der Waals surface area contributed by atoms with Crippen molar-refractivity contribution in [1.29, 1.82) is 0 Å². The molecule has 5 heteroatoms. The van der Waals surface area contributed by atoms with Gasteiger partial charge in [0.25, 0.3) is 0 Å². The van der Waals surface area contributed by atoms with Gasteiger partial charge in [0.2, 0.25) is 0 Å². The van der Waals surface area contributed by atoms with Gasteiger partial charge in [0, 0.05) is 25.7 Å². The zero-order chi connectivity index (χ0) is 12.1. The first kappa shape index (κ1) is 16.0. The van der Waals surface area contributed by atoms with Gasteiger partial charge in [-0.05, 0) is 38.5 Å². The van der Waals surface area contributed by atoms with Gasteiger partial charge in [-0.3, -0.25) is 4.99 Å². The summed E-state index contributed by atoms with van der Waals surface area (Å²) in [5.41, 5.74) is 0. The van der Waals surface area contributed by atoms with E-state index >= 15 is 0 Å². The van der Waals surface area contributed by atoms with Crippen LogP contribution in [0.4, 0.5) is 0 Å². The maximum absolute atomic E-state index is 5.60. The third kappa shape index (κ3) is 5.30. The molecule has 0 aromatic heterocycles. The summed E-state index contributed by atoms with van der Waals surface area (Å²) in [4.78, 5) is 4.61. The lowest BCUT2D eigenvalue weighted by Gasteiger charge is -2.12. The third-order valence-electron chi connectivity index (χ3n) is 3.52. The van der Waals surface area contributed by atoms with Gasteiger partial charge in [0.1, 0.15) is 0 Å². The van der Waals surface area contributed by atoms with Crippen LogP contribution in [0.3, 0.4) is 0 Å². The van der Waals surface area contributed by atoms with Gasteiger partial charge >= 0.3 is 0 Å². The van der Waals surface area contributed by atoms with E-state index in [9.17, 15) is 0 Å². The van der Waals surface area contributed by atoms with E-state index in [0.29, 0.717) is 12.1 Å². The Bertz CT molecular complexity index is 267. The Morgan fingerprint density at radius 3 is 2.78 bits per heavy atom. The molecule has 0 aromatic rings. The highest BCUT2D eigenvalue weighted by atomic mass is 127. The lowest BCUT2D eigenvalue weighted by atomic mass is 10.2. The summed E-state index contributed by atoms with van der Waals surface area (Å²) >= 11 is 0. The number of ether oxygens (including phenoxy) is 1. The van der Waals surface area contributed by atoms with Crippen LogP contribution in [0.2, 0.25) is 0 Å². The highest BCUT2D eigenvalue weighted by molar-refractivity contribution is 14.0. The molecule has 0 aromatic carbocycles. The first-order valence-electron chi connectivity index (χ1n) is 6.96. The van der Waals surface area contributed by atoms with Crippen molar-refractivity contribution in [3.8, 4) is 0 Å². The topological polar surface area (TPSA) is 45.7 Å². The summed E-state index contributed by atoms with van der Waals surface area (Å²) < 4.78 is 5.60. The van der Waals surface area contributed by atoms with E-state index < -0.39 is 0 Å². The van der Waals surface area contributed by atoms with Gasteiger partial charge in [-0.25, -0.2) is 0 Å². The van der Waals surface area contributed by atoms with E-state index in [1.54, 1.807) is 0 Å². The van der Waals surface area contributed by atoms with Crippen molar-refractivity contribution >= 4 is 29.9 Å². The average Bonchev–Trinajstić information content (AvgIpc) is 2.81. The number of nitrogens with zero attached hydrogens (tertiary/aromatic N) is 1. The molecule has 1 heterocycles. The Labute approximate surface area is 127 Å². The third-order valence-corrected chi connectivity index (χ3v) is 3.52. The van der Waals surface area contributed by atoms with E-state index in [2.05, 4.69) is 29.5 Å². The van der Waals surface area contributed by atoms with Gasteiger partial charge in [0.15, 0.2) is 5.96 Å². The quantitative estimate of drug-likeness (QED) is 0.445. The van der Waals surface area contributed by atoms with E-state index in [1.165, 1.54) is 19.3 Å². The molecule has 2 fully saturated rings. The molecule has 4 nitrogen and oxygen atoms in total. The molecule has 1 saturated carbocycles. The molecule has 1 aliphatic heterocycles. The number of rotatable bonds is 5. The number of guanidine groups is 1. The molecule has 2 aliphatic rings. The number of hydrogen-bond acceptors (Lipinski definition) is 2. The summed E-state index contributed by atoms with van der Waals surface area (Å²) in [5.74, 6) is 1.77. The lowest BCUT2D eigenvalue weighted by Crippen LogP contribution is -2.39. The molecule has 3 atom stereocenters. The molecule has 0 bridgehead atoms. The van der Waals surface area contributed by atoms with Gasteiger partial charge in [-0.2, -0.15) is 0 Å². The number of nitrogens with one attached hydrogen (secondary N) is 2. The van der Waals surface area contributed by atoms with E-state index in [0.717, 1.165) is 38.0 Å². The molecular formula is C13H26IN3O. The lowest BCUT2D eigenvalue weighted by molar-refractivity contribution is 0.106. The predicted molar refractivity (Wildman–Crippen MR) is 85.7 cm³/mol. The Kier molecular flexibility index (Phi) is 7.29. The van der Waals surface area contributed by atoms with Crippen molar-refractivity contribution in [2.24, 2.45) is 10.9 Å². The second-order valence-electron chi connectivity index (χ2n) is 5.15. The monoisotopic (exact) mass is 367 g/mol. The fraction of sp³-hybridized carbons (Fsp3) is 0.923. The molecule has 3 unspecified atom stereocenters. The van der Waals surface area contributed by atoms with Crippen LogP contribution in [0.15, 0.2) is 4.99 Å². The fourth-order valence-corrected chi connectivity index (χ4v) is 2.21. The molecule has 18 heavy (non-hydrogen) atoms. The maximum atomic E-state index is 5.60. The molecule has 0 amide bonds. The van der Waals surface area contributed by atoms with Crippen LogP contribution in [0.5, 0.6) is 0 Å². The minimum Gasteiger partial charge on any atom is -0.378 e. The van der Waals surface area contributed by atoms with Crippen molar-refractivity contribution < 1.29 is 4.74 Å². The van der Waals surface area contributed by atoms with Gasteiger partial charge in [-0.15, -0.1) is 24.0 Å². The maximum Gasteiger partial charge on any atom is 0.191 e. The largest absolute Gasteiger partial charge is 0.378 e. The SMILES string of the molecule is CCNC(=NCCC1CCCO1)NC1CC1C.I. The van der Waals surface area contributed by atoms with Crippen molar-refractivity contribution in [2.45, 2.75) is 51.7 Å². The second kappa shape index (κ2) is 8.19. The summed E-state index contributed by atoms with van der Waals surface area (Å²) in [6, 6.07) is 0.635. The molecule has 1 aliphatic carbocycles. The van der Waals surface area contributed by atoms with E-state index in [1.807, 2.05) is 0 Å². The molecule has 106 valence electrons. The van der Waals surface area contributed by atoms with Crippen LogP contribution < -0.4 is 10.6 Å². The summed E-state index contributed by atoms with van der Waals surface area (Å²) in [6.07, 6.45) is 5.19. The number of aliphatic imine (C=N–C) groups is 1. The minimum atomic E-state index is 0. The average molecular weight is 367 g/mol. The highest BCUT2D eigenvalue weighted by Crippen LogP contribution is 2.28. The molecule has 0 radical (unpaired) electrons. The molecule has 1 saturated heterocycles. The fourth-order valence-electron chi connectivity index (χ4n) is 2.21. The molecule has 0 spiro atoms. The van der Waals surface area contributed by atoms with Gasteiger partial charge in [-0.1, -0.05) is 6.92 Å². The highest BCUT2D eigenvalue weighted by Gasteiger charge is 2.33. The van der Waals surface area contributed by atoms with Crippen LogP contribution in [0.1, 0.15) is 39.5 Å². The minimum absolute atomic E-state index is 0. The summed E-state index contributed by atoms with van der Waals surface area (Å²) in [6.45, 7) is 7.10. The molecular weight excluding hydrogens is 341 g/mol. The normalized spacial score (nSPS) is 30.8. The Hall–Kier alpha value is -0.0400. The Morgan fingerprint density at radius 2 is 2.22 bits per heavy atom. The van der Waals surface area contributed by atoms with Crippen LogP contribution in [0, 0.1) is 5.92 Å². The van der Waals surface area contributed by atoms with Crippen molar-refractivity contribution in [3.05, 3.63) is 0 Å². The van der Waals surface area contributed by atoms with Crippen molar-refractivity contribution in [3.63, 3.8) is 0 Å². The van der Waals surface area contributed by atoms with Crippen LogP contribution >= 0.6 is 24.0 Å². The predicted octanol–water partition coefficient (Wildman–Crippen LogP) is 2.14. The van der Waals surface area contributed by atoms with Gasteiger partial charge in [0.05, 0.1) is 6.10 Å². The Balaban J connectivity index is 0.00000162. The first-order valence-corrected chi connectivity index (χ1v) is 6.96. The molecule has 2 rings (SSSR count). The van der Waals surface area contributed by atoms with Gasteiger partial charge < -0.3 is 15.4 Å². The zero-order valence-electron chi connectivity index (χ0n) is 11.4. The summed E-state index contributed by atoms with van der Waals surface area (Å²) in [7, 11) is 0. The van der Waals surface area contributed by atoms with E-state index in [4.69, 9.17) is 4.74 Å². The van der Waals surface area contributed by atoms with Crippen LogP contribution in [-0.2, 0) is 4.74 Å². The van der Waals surface area contributed by atoms with E-state index in [-0.39, 0.29) is 24.0 Å². The number of hydrogen-bond donors (Lipinski definition) is 2. The number of halogens is 1. The standard InChI is InChI=1S/C13H25N3O.HI/c1-3-14-13(16-12-9-10(12)2)15-7-6-11-5-4-8-17-11;/h10-12H,3-9H2,1-2H3,(H2,14,15,16);1H. The Morgan fingerprint density at radius 1 is 1.44 bits per heavy atom. The summed E-state index contributed by atoms with van der Waals surface area (Å²) in [5, 5.41) is 6.76. The van der Waals surface area contributed by atoms with Crippen molar-refractivity contribution in [1.82, 2.24) is 10.6 Å². The van der Waals surface area contributed by atoms with Crippen molar-refractivity contribution in [2.75, 3.05) is 19.7 Å².